The van der Waals surface area contributed by atoms with Crippen molar-refractivity contribution in [3.63, 3.8) is 0 Å². The first-order valence-electron chi connectivity index (χ1n) is 6.65. The average Bonchev–Trinajstić information content (AvgIpc) is 2.80. The van der Waals surface area contributed by atoms with Gasteiger partial charge in [-0.2, -0.15) is 0 Å². The van der Waals surface area contributed by atoms with Crippen molar-refractivity contribution in [1.82, 2.24) is 9.62 Å². The molecule has 1 saturated carbocycles. The van der Waals surface area contributed by atoms with Crippen LogP contribution in [-0.2, 0) is 14.8 Å². The van der Waals surface area contributed by atoms with Crippen molar-refractivity contribution in [2.75, 3.05) is 19.6 Å². The summed E-state index contributed by atoms with van der Waals surface area (Å²) in [5.74, 6) is 0.440. The molecule has 1 aliphatic heterocycles. The van der Waals surface area contributed by atoms with Gasteiger partial charge in [0.1, 0.15) is 0 Å². The van der Waals surface area contributed by atoms with Crippen molar-refractivity contribution in [2.45, 2.75) is 44.3 Å². The third kappa shape index (κ3) is 2.16. The van der Waals surface area contributed by atoms with E-state index in [4.69, 9.17) is 0 Å². The van der Waals surface area contributed by atoms with E-state index < -0.39 is 14.8 Å². The number of carbonyl (C=O) groups is 1. The van der Waals surface area contributed by atoms with Gasteiger partial charge in [-0.1, -0.05) is 12.8 Å². The minimum atomic E-state index is -3.41. The van der Waals surface area contributed by atoms with E-state index in [2.05, 4.69) is 5.32 Å². The van der Waals surface area contributed by atoms with Gasteiger partial charge in [-0.25, -0.2) is 12.7 Å². The summed E-state index contributed by atoms with van der Waals surface area (Å²) in [5, 5.41) is 3.25. The van der Waals surface area contributed by atoms with Crippen molar-refractivity contribution in [1.29, 1.82) is 0 Å². The van der Waals surface area contributed by atoms with Crippen molar-refractivity contribution in [2.24, 2.45) is 5.92 Å². The molecule has 0 aromatic heterocycles. The predicted molar refractivity (Wildman–Crippen MR) is 69.5 cm³/mol. The molecule has 0 bridgehead atoms. The van der Waals surface area contributed by atoms with Gasteiger partial charge in [0.05, 0.1) is 0 Å². The summed E-state index contributed by atoms with van der Waals surface area (Å²) >= 11 is 0. The van der Waals surface area contributed by atoms with Crippen LogP contribution in [0.4, 0.5) is 0 Å². The van der Waals surface area contributed by atoms with Gasteiger partial charge >= 0.3 is 0 Å². The number of amides is 1. The third-order valence-electron chi connectivity index (χ3n) is 4.08. The predicted octanol–water partition coefficient (Wildman–Crippen LogP) is 0.717. The summed E-state index contributed by atoms with van der Waals surface area (Å²) < 4.78 is 23.4. The Bertz CT molecular complexity index is 425. The van der Waals surface area contributed by atoms with Crippen LogP contribution in [0.5, 0.6) is 0 Å². The van der Waals surface area contributed by atoms with Crippen LogP contribution in [0.25, 0.3) is 0 Å². The molecule has 1 N–H and O–H groups in total. The standard InChI is InChI=1S/C12H22N2O3S/c1-12(2)11(15)14(18(12,16)17)8-7-13-9-10-5-3-4-6-10/h10,13H,3-9H2,1-2H3. The van der Waals surface area contributed by atoms with Crippen LogP contribution in [0.3, 0.4) is 0 Å². The topological polar surface area (TPSA) is 66.5 Å². The Morgan fingerprint density at radius 2 is 1.94 bits per heavy atom. The number of hydrogen-bond donors (Lipinski definition) is 1. The van der Waals surface area contributed by atoms with Crippen molar-refractivity contribution >= 4 is 15.9 Å². The van der Waals surface area contributed by atoms with Gasteiger partial charge < -0.3 is 5.32 Å². The quantitative estimate of drug-likeness (QED) is 0.750. The second kappa shape index (κ2) is 4.81. The average molecular weight is 274 g/mol. The van der Waals surface area contributed by atoms with E-state index in [0.29, 0.717) is 6.54 Å². The Balaban J connectivity index is 1.73. The Labute approximate surface area is 109 Å². The zero-order valence-electron chi connectivity index (χ0n) is 11.1. The summed E-state index contributed by atoms with van der Waals surface area (Å²) in [6, 6.07) is 0. The highest BCUT2D eigenvalue weighted by molar-refractivity contribution is 7.94. The van der Waals surface area contributed by atoms with Crippen LogP contribution in [0.1, 0.15) is 39.5 Å². The fraction of sp³-hybridized carbons (Fsp3) is 0.917. The number of carbonyl (C=O) groups excluding carboxylic acids is 1. The molecule has 18 heavy (non-hydrogen) atoms. The van der Waals surface area contributed by atoms with Crippen molar-refractivity contribution < 1.29 is 13.2 Å². The molecule has 0 unspecified atom stereocenters. The SMILES string of the molecule is CC1(C)C(=O)N(CCNCC2CCCC2)S1(=O)=O. The van der Waals surface area contributed by atoms with Gasteiger partial charge in [-0.05, 0) is 39.2 Å². The minimum absolute atomic E-state index is 0.261. The van der Waals surface area contributed by atoms with Crippen LogP contribution >= 0.6 is 0 Å². The van der Waals surface area contributed by atoms with E-state index in [-0.39, 0.29) is 12.5 Å². The molecule has 0 atom stereocenters. The molecule has 1 amide bonds. The maximum atomic E-state index is 11.8. The molecule has 0 radical (unpaired) electrons. The van der Waals surface area contributed by atoms with Gasteiger partial charge in [0.2, 0.25) is 0 Å². The summed E-state index contributed by atoms with van der Waals surface area (Å²) in [6.07, 6.45) is 5.14. The Hall–Kier alpha value is -0.620. The summed E-state index contributed by atoms with van der Waals surface area (Å²) in [7, 11) is -3.41. The number of rotatable bonds is 5. The Morgan fingerprint density at radius 1 is 1.33 bits per heavy atom. The maximum Gasteiger partial charge on any atom is 0.258 e. The van der Waals surface area contributed by atoms with Crippen LogP contribution in [0.15, 0.2) is 0 Å². The molecule has 6 heteroatoms. The fourth-order valence-corrected chi connectivity index (χ4v) is 4.21. The first kappa shape index (κ1) is 13.8. The number of hydrogen-bond acceptors (Lipinski definition) is 4. The fourth-order valence-electron chi connectivity index (χ4n) is 2.68. The zero-order chi connectivity index (χ0) is 13.4. The lowest BCUT2D eigenvalue weighted by atomic mass is 10.1. The molecule has 1 aliphatic carbocycles. The lowest BCUT2D eigenvalue weighted by Crippen LogP contribution is -2.68. The molecule has 2 rings (SSSR count). The number of sulfonamides is 1. The molecule has 1 saturated heterocycles. The van der Waals surface area contributed by atoms with Crippen LogP contribution < -0.4 is 5.32 Å². The van der Waals surface area contributed by atoms with E-state index in [1.807, 2.05) is 0 Å². The van der Waals surface area contributed by atoms with Crippen LogP contribution in [0, 0.1) is 5.92 Å². The molecule has 104 valence electrons. The van der Waals surface area contributed by atoms with Crippen LogP contribution in [-0.4, -0.2) is 43.0 Å². The second-order valence-electron chi connectivity index (χ2n) is 5.75. The summed E-state index contributed by atoms with van der Waals surface area (Å²) in [6.45, 7) is 4.68. The van der Waals surface area contributed by atoms with Crippen molar-refractivity contribution in [3.05, 3.63) is 0 Å². The molecule has 2 aliphatic rings. The van der Waals surface area contributed by atoms with Gasteiger partial charge in [0.25, 0.3) is 15.9 Å². The van der Waals surface area contributed by atoms with E-state index in [1.54, 1.807) is 0 Å². The minimum Gasteiger partial charge on any atom is -0.315 e. The summed E-state index contributed by atoms with van der Waals surface area (Å²) in [5.41, 5.74) is 0. The molecule has 1 heterocycles. The first-order valence-corrected chi connectivity index (χ1v) is 8.09. The number of nitrogens with zero attached hydrogens (tertiary/aromatic N) is 1. The lowest BCUT2D eigenvalue weighted by Gasteiger charge is -2.43. The lowest BCUT2D eigenvalue weighted by molar-refractivity contribution is -0.132. The molecular formula is C12H22N2O3S. The Morgan fingerprint density at radius 3 is 2.50 bits per heavy atom. The van der Waals surface area contributed by atoms with E-state index in [9.17, 15) is 13.2 Å². The van der Waals surface area contributed by atoms with Gasteiger partial charge in [0, 0.05) is 13.1 Å². The Kier molecular flexibility index (Phi) is 3.69. The molecular weight excluding hydrogens is 252 g/mol. The molecule has 0 spiro atoms. The first-order chi connectivity index (χ1) is 8.37. The maximum absolute atomic E-state index is 11.8. The van der Waals surface area contributed by atoms with E-state index in [0.717, 1.165) is 16.8 Å². The van der Waals surface area contributed by atoms with Crippen molar-refractivity contribution in [3.8, 4) is 0 Å². The largest absolute Gasteiger partial charge is 0.315 e. The normalized spacial score (nSPS) is 26.3. The van der Waals surface area contributed by atoms with Gasteiger partial charge in [-0.15, -0.1) is 0 Å². The summed E-state index contributed by atoms with van der Waals surface area (Å²) in [4.78, 5) is 11.7. The highest BCUT2D eigenvalue weighted by atomic mass is 32.2. The molecule has 5 nitrogen and oxygen atoms in total. The van der Waals surface area contributed by atoms with Gasteiger partial charge in [-0.3, -0.25) is 4.79 Å². The van der Waals surface area contributed by atoms with Crippen LogP contribution in [0.2, 0.25) is 0 Å². The monoisotopic (exact) mass is 274 g/mol. The van der Waals surface area contributed by atoms with E-state index in [1.165, 1.54) is 39.5 Å². The number of nitrogens with one attached hydrogen (secondary N) is 1. The molecule has 2 fully saturated rings. The molecule has 0 aromatic rings. The van der Waals surface area contributed by atoms with Gasteiger partial charge in [0.15, 0.2) is 4.75 Å². The highest BCUT2D eigenvalue weighted by Gasteiger charge is 2.59. The highest BCUT2D eigenvalue weighted by Crippen LogP contribution is 2.34. The smallest absolute Gasteiger partial charge is 0.258 e. The zero-order valence-corrected chi connectivity index (χ0v) is 11.9. The second-order valence-corrected chi connectivity index (χ2v) is 8.16. The van der Waals surface area contributed by atoms with E-state index >= 15 is 0 Å². The molecule has 0 aromatic carbocycles. The third-order valence-corrected chi connectivity index (χ3v) is 6.47.